The molecule has 0 amide bonds. The monoisotopic (exact) mass is 226 g/mol. The first kappa shape index (κ1) is 9.71. The number of hydrogen-bond acceptors (Lipinski definition) is 2. The molecular weight excluding hydrogens is 219 g/mol. The molecule has 2 aromatic rings. The number of halogens is 2. The quantitative estimate of drug-likeness (QED) is 0.813. The summed E-state index contributed by atoms with van der Waals surface area (Å²) in [5.74, 6) is 0. The molecule has 14 heavy (non-hydrogen) atoms. The van der Waals surface area contributed by atoms with E-state index in [9.17, 15) is 0 Å². The van der Waals surface area contributed by atoms with E-state index in [2.05, 4.69) is 4.98 Å². The molecule has 1 heterocycles. The van der Waals surface area contributed by atoms with Crippen LogP contribution in [0.1, 0.15) is 5.69 Å². The molecule has 2 nitrogen and oxygen atoms in total. The Hall–Kier alpha value is -0.830. The minimum Gasteiger partial charge on any atom is -0.325 e. The minimum absolute atomic E-state index is 0.417. The van der Waals surface area contributed by atoms with Crippen LogP contribution in [0.2, 0.25) is 10.0 Å². The summed E-state index contributed by atoms with van der Waals surface area (Å²) in [7, 11) is 0. The van der Waals surface area contributed by atoms with Gasteiger partial charge in [0.05, 0.1) is 16.2 Å². The second-order valence-electron chi connectivity index (χ2n) is 2.96. The fraction of sp³-hybridized carbons (Fsp3) is 0.100. The zero-order chi connectivity index (χ0) is 10.1. The van der Waals surface area contributed by atoms with Crippen molar-refractivity contribution in [3.63, 3.8) is 0 Å². The largest absolute Gasteiger partial charge is 0.325 e. The maximum atomic E-state index is 6.00. The smallest absolute Gasteiger partial charge is 0.0735 e. The first-order chi connectivity index (χ1) is 6.70. The van der Waals surface area contributed by atoms with E-state index in [1.54, 1.807) is 12.1 Å². The molecular formula is C10H8Cl2N2. The topological polar surface area (TPSA) is 38.9 Å². The van der Waals surface area contributed by atoms with E-state index >= 15 is 0 Å². The predicted molar refractivity (Wildman–Crippen MR) is 59.7 cm³/mol. The number of nitrogens with two attached hydrogens (primary N) is 1. The van der Waals surface area contributed by atoms with Crippen LogP contribution < -0.4 is 5.73 Å². The lowest BCUT2D eigenvalue weighted by molar-refractivity contribution is 1.01. The molecule has 0 spiro atoms. The van der Waals surface area contributed by atoms with E-state index in [1.807, 2.05) is 12.1 Å². The maximum absolute atomic E-state index is 6.00. The highest BCUT2D eigenvalue weighted by Crippen LogP contribution is 2.26. The number of benzene rings is 1. The van der Waals surface area contributed by atoms with E-state index in [1.165, 1.54) is 0 Å². The molecule has 0 aliphatic rings. The second kappa shape index (κ2) is 3.73. The van der Waals surface area contributed by atoms with Crippen LogP contribution in [0.15, 0.2) is 24.3 Å². The summed E-state index contributed by atoms with van der Waals surface area (Å²) in [6.45, 7) is 0.417. The molecule has 0 saturated carbocycles. The van der Waals surface area contributed by atoms with Crippen LogP contribution in [0, 0.1) is 0 Å². The standard InChI is InChI=1S/C10H8Cl2N2/c11-6-3-9(12)8-2-1-7(5-13)14-10(8)4-6/h1-4H,5,13H2. The zero-order valence-electron chi connectivity index (χ0n) is 7.30. The highest BCUT2D eigenvalue weighted by Gasteiger charge is 2.03. The van der Waals surface area contributed by atoms with E-state index in [-0.39, 0.29) is 0 Å². The minimum atomic E-state index is 0.417. The molecule has 0 unspecified atom stereocenters. The van der Waals surface area contributed by atoms with Gasteiger partial charge < -0.3 is 5.73 Å². The molecule has 0 fully saturated rings. The van der Waals surface area contributed by atoms with Crippen molar-refractivity contribution in [3.05, 3.63) is 40.0 Å². The first-order valence-electron chi connectivity index (χ1n) is 4.15. The normalized spacial score (nSPS) is 10.8. The van der Waals surface area contributed by atoms with Gasteiger partial charge in [-0.25, -0.2) is 0 Å². The Balaban J connectivity index is 2.75. The van der Waals surface area contributed by atoms with Crippen LogP contribution in [0.3, 0.4) is 0 Å². The van der Waals surface area contributed by atoms with Crippen molar-refractivity contribution in [3.8, 4) is 0 Å². The molecule has 2 N–H and O–H groups in total. The average molecular weight is 227 g/mol. The van der Waals surface area contributed by atoms with Gasteiger partial charge in [-0.1, -0.05) is 23.2 Å². The molecule has 2 rings (SSSR count). The van der Waals surface area contributed by atoms with Crippen LogP contribution in [0.5, 0.6) is 0 Å². The Morgan fingerprint density at radius 1 is 1.21 bits per heavy atom. The van der Waals surface area contributed by atoms with Crippen LogP contribution in [0.4, 0.5) is 0 Å². The van der Waals surface area contributed by atoms with Crippen LogP contribution in [-0.2, 0) is 6.54 Å². The Bertz CT molecular complexity index is 483. The number of fused-ring (bicyclic) bond motifs is 1. The fourth-order valence-corrected chi connectivity index (χ4v) is 1.86. The van der Waals surface area contributed by atoms with Gasteiger partial charge in [-0.15, -0.1) is 0 Å². The fourth-order valence-electron chi connectivity index (χ4n) is 1.31. The molecule has 0 saturated heterocycles. The lowest BCUT2D eigenvalue weighted by Gasteiger charge is -2.02. The molecule has 0 aliphatic carbocycles. The lowest BCUT2D eigenvalue weighted by Crippen LogP contribution is -1.99. The van der Waals surface area contributed by atoms with Crippen LogP contribution in [-0.4, -0.2) is 4.98 Å². The van der Waals surface area contributed by atoms with Crippen molar-refractivity contribution in [1.82, 2.24) is 4.98 Å². The van der Waals surface area contributed by atoms with Crippen molar-refractivity contribution < 1.29 is 0 Å². The SMILES string of the molecule is NCc1ccc2c(Cl)cc(Cl)cc2n1. The van der Waals surface area contributed by atoms with Crippen molar-refractivity contribution in [2.45, 2.75) is 6.54 Å². The van der Waals surface area contributed by atoms with E-state index in [0.717, 1.165) is 16.6 Å². The Morgan fingerprint density at radius 2 is 2.00 bits per heavy atom. The van der Waals surface area contributed by atoms with Gasteiger partial charge in [-0.05, 0) is 24.3 Å². The average Bonchev–Trinajstić information content (AvgIpc) is 2.16. The van der Waals surface area contributed by atoms with Gasteiger partial charge in [0.1, 0.15) is 0 Å². The lowest BCUT2D eigenvalue weighted by atomic mass is 10.2. The number of hydrogen-bond donors (Lipinski definition) is 1. The molecule has 0 aliphatic heterocycles. The van der Waals surface area contributed by atoms with Gasteiger partial charge in [0.25, 0.3) is 0 Å². The van der Waals surface area contributed by atoms with E-state index in [4.69, 9.17) is 28.9 Å². The molecule has 0 atom stereocenters. The summed E-state index contributed by atoms with van der Waals surface area (Å²) in [4.78, 5) is 4.32. The third-order valence-electron chi connectivity index (χ3n) is 1.99. The van der Waals surface area contributed by atoms with Gasteiger partial charge in [-0.3, -0.25) is 4.98 Å². The summed E-state index contributed by atoms with van der Waals surface area (Å²) in [6.07, 6.45) is 0. The van der Waals surface area contributed by atoms with Crippen molar-refractivity contribution in [2.75, 3.05) is 0 Å². The highest BCUT2D eigenvalue weighted by atomic mass is 35.5. The number of pyridine rings is 1. The van der Waals surface area contributed by atoms with Crippen molar-refractivity contribution >= 4 is 34.1 Å². The number of rotatable bonds is 1. The third kappa shape index (κ3) is 1.69. The van der Waals surface area contributed by atoms with Gasteiger partial charge in [0, 0.05) is 17.0 Å². The molecule has 0 radical (unpaired) electrons. The first-order valence-corrected chi connectivity index (χ1v) is 4.91. The van der Waals surface area contributed by atoms with Crippen molar-refractivity contribution in [1.29, 1.82) is 0 Å². The van der Waals surface area contributed by atoms with Gasteiger partial charge >= 0.3 is 0 Å². The van der Waals surface area contributed by atoms with Crippen molar-refractivity contribution in [2.24, 2.45) is 5.73 Å². The summed E-state index contributed by atoms with van der Waals surface area (Å²) in [5.41, 5.74) is 7.10. The summed E-state index contributed by atoms with van der Waals surface area (Å²) in [5, 5.41) is 2.10. The third-order valence-corrected chi connectivity index (χ3v) is 2.52. The molecule has 4 heteroatoms. The predicted octanol–water partition coefficient (Wildman–Crippen LogP) is 3.00. The van der Waals surface area contributed by atoms with Crippen LogP contribution >= 0.6 is 23.2 Å². The molecule has 1 aromatic carbocycles. The summed E-state index contributed by atoms with van der Waals surface area (Å²) >= 11 is 11.9. The Morgan fingerprint density at radius 3 is 2.71 bits per heavy atom. The van der Waals surface area contributed by atoms with Gasteiger partial charge in [-0.2, -0.15) is 0 Å². The summed E-state index contributed by atoms with van der Waals surface area (Å²) < 4.78 is 0. The molecule has 1 aromatic heterocycles. The Labute approximate surface area is 91.6 Å². The van der Waals surface area contributed by atoms with E-state index in [0.29, 0.717) is 16.6 Å². The highest BCUT2D eigenvalue weighted by molar-refractivity contribution is 6.38. The second-order valence-corrected chi connectivity index (χ2v) is 3.80. The molecule has 0 bridgehead atoms. The number of nitrogens with zero attached hydrogens (tertiary/aromatic N) is 1. The maximum Gasteiger partial charge on any atom is 0.0735 e. The van der Waals surface area contributed by atoms with E-state index < -0.39 is 0 Å². The van der Waals surface area contributed by atoms with Gasteiger partial charge in [0.2, 0.25) is 0 Å². The Kier molecular flexibility index (Phi) is 2.59. The summed E-state index contributed by atoms with van der Waals surface area (Å²) in [6, 6.07) is 7.25. The van der Waals surface area contributed by atoms with Gasteiger partial charge in [0.15, 0.2) is 0 Å². The molecule has 72 valence electrons. The zero-order valence-corrected chi connectivity index (χ0v) is 8.81. The van der Waals surface area contributed by atoms with Crippen LogP contribution in [0.25, 0.3) is 10.9 Å². The number of aromatic nitrogens is 1.